The molecule has 0 aliphatic heterocycles. The van der Waals surface area contributed by atoms with Crippen LogP contribution >= 0.6 is 15.9 Å². The van der Waals surface area contributed by atoms with Crippen LogP contribution in [0.4, 0.5) is 5.95 Å². The Morgan fingerprint density at radius 1 is 1.43 bits per heavy atom. The molecule has 0 amide bonds. The van der Waals surface area contributed by atoms with Gasteiger partial charge in [-0.25, -0.2) is 9.97 Å². The lowest BCUT2D eigenvalue weighted by molar-refractivity contribution is 0.279. The van der Waals surface area contributed by atoms with Gasteiger partial charge in [-0.3, -0.25) is 0 Å². The number of rotatable bonds is 3. The van der Waals surface area contributed by atoms with E-state index in [0.717, 1.165) is 23.9 Å². The van der Waals surface area contributed by atoms with Crippen molar-refractivity contribution in [1.29, 1.82) is 0 Å². The van der Waals surface area contributed by atoms with Crippen LogP contribution in [-0.4, -0.2) is 22.6 Å². The first-order chi connectivity index (χ1) is 6.74. The molecule has 0 spiro atoms. The second-order valence-corrected chi connectivity index (χ2v) is 4.62. The standard InChI is InChI=1S/C9H13BrN4/c10-7-4-13-9(14-5-7)12-3-6-1-8(11)2-6/h4-6,8H,1-3,11H2,(H,12,13,14). The summed E-state index contributed by atoms with van der Waals surface area (Å²) >= 11 is 3.29. The third kappa shape index (κ3) is 2.42. The molecule has 5 heteroatoms. The molecule has 0 bridgehead atoms. The molecule has 0 unspecified atom stereocenters. The van der Waals surface area contributed by atoms with Crippen molar-refractivity contribution in [3.05, 3.63) is 16.9 Å². The van der Waals surface area contributed by atoms with E-state index in [1.165, 1.54) is 0 Å². The van der Waals surface area contributed by atoms with E-state index in [1.54, 1.807) is 12.4 Å². The van der Waals surface area contributed by atoms with Crippen molar-refractivity contribution in [3.63, 3.8) is 0 Å². The van der Waals surface area contributed by atoms with Gasteiger partial charge in [-0.15, -0.1) is 0 Å². The predicted octanol–water partition coefficient (Wildman–Crippen LogP) is 1.39. The fourth-order valence-electron chi connectivity index (χ4n) is 1.59. The van der Waals surface area contributed by atoms with Gasteiger partial charge in [-0.1, -0.05) is 0 Å². The highest BCUT2D eigenvalue weighted by atomic mass is 79.9. The molecule has 1 heterocycles. The van der Waals surface area contributed by atoms with Crippen molar-refractivity contribution in [3.8, 4) is 0 Å². The Balaban J connectivity index is 1.78. The van der Waals surface area contributed by atoms with E-state index in [-0.39, 0.29) is 0 Å². The van der Waals surface area contributed by atoms with Crippen LogP contribution in [0.2, 0.25) is 0 Å². The van der Waals surface area contributed by atoms with E-state index in [4.69, 9.17) is 5.73 Å². The second-order valence-electron chi connectivity index (χ2n) is 3.70. The summed E-state index contributed by atoms with van der Waals surface area (Å²) in [5, 5.41) is 3.20. The van der Waals surface area contributed by atoms with Gasteiger partial charge in [0.2, 0.25) is 5.95 Å². The molecule has 0 saturated heterocycles. The van der Waals surface area contributed by atoms with Crippen molar-refractivity contribution in [2.75, 3.05) is 11.9 Å². The molecule has 1 aliphatic rings. The minimum absolute atomic E-state index is 0.410. The summed E-state index contributed by atoms with van der Waals surface area (Å²) in [5.41, 5.74) is 5.69. The molecule has 14 heavy (non-hydrogen) atoms. The smallest absolute Gasteiger partial charge is 0.222 e. The molecule has 3 N–H and O–H groups in total. The highest BCUT2D eigenvalue weighted by Crippen LogP contribution is 2.25. The van der Waals surface area contributed by atoms with Crippen molar-refractivity contribution < 1.29 is 0 Å². The normalized spacial score (nSPS) is 25.6. The van der Waals surface area contributed by atoms with Crippen LogP contribution in [0.3, 0.4) is 0 Å². The van der Waals surface area contributed by atoms with Crippen LogP contribution in [0.1, 0.15) is 12.8 Å². The first-order valence-corrected chi connectivity index (χ1v) is 5.50. The summed E-state index contributed by atoms with van der Waals surface area (Å²) in [5.74, 6) is 1.38. The predicted molar refractivity (Wildman–Crippen MR) is 58.9 cm³/mol. The summed E-state index contributed by atoms with van der Waals surface area (Å²) in [6.45, 7) is 0.926. The van der Waals surface area contributed by atoms with Gasteiger partial charge in [0.1, 0.15) is 0 Å². The first kappa shape index (κ1) is 9.86. The summed E-state index contributed by atoms with van der Waals surface area (Å²) in [6, 6.07) is 0.410. The third-order valence-electron chi connectivity index (χ3n) is 2.44. The Labute approximate surface area is 91.4 Å². The third-order valence-corrected chi connectivity index (χ3v) is 2.85. The van der Waals surface area contributed by atoms with Crippen LogP contribution in [0.15, 0.2) is 16.9 Å². The van der Waals surface area contributed by atoms with Gasteiger partial charge in [-0.2, -0.15) is 0 Å². The van der Waals surface area contributed by atoms with Gasteiger partial charge in [-0.05, 0) is 34.7 Å². The zero-order valence-corrected chi connectivity index (χ0v) is 9.37. The van der Waals surface area contributed by atoms with Crippen molar-refractivity contribution in [2.45, 2.75) is 18.9 Å². The number of nitrogens with one attached hydrogen (secondary N) is 1. The van der Waals surface area contributed by atoms with Crippen LogP contribution in [0.25, 0.3) is 0 Å². The molecule has 76 valence electrons. The molecule has 0 atom stereocenters. The van der Waals surface area contributed by atoms with Gasteiger partial charge in [0.25, 0.3) is 0 Å². The lowest BCUT2D eigenvalue weighted by Gasteiger charge is -2.32. The summed E-state index contributed by atoms with van der Waals surface area (Å²) < 4.78 is 0.897. The number of anilines is 1. The average molecular weight is 257 g/mol. The summed E-state index contributed by atoms with van der Waals surface area (Å²) in [4.78, 5) is 8.25. The Hall–Kier alpha value is -0.680. The van der Waals surface area contributed by atoms with Gasteiger partial charge in [0.05, 0.1) is 4.47 Å². The molecule has 2 rings (SSSR count). The van der Waals surface area contributed by atoms with E-state index in [9.17, 15) is 0 Å². The Morgan fingerprint density at radius 2 is 2.07 bits per heavy atom. The van der Waals surface area contributed by atoms with Crippen LogP contribution < -0.4 is 11.1 Å². The number of hydrogen-bond acceptors (Lipinski definition) is 4. The SMILES string of the molecule is NC1CC(CNc2ncc(Br)cn2)C1. The second kappa shape index (κ2) is 4.23. The zero-order chi connectivity index (χ0) is 9.97. The molecule has 0 radical (unpaired) electrons. The Morgan fingerprint density at radius 3 is 2.64 bits per heavy atom. The maximum absolute atomic E-state index is 5.69. The summed E-state index contributed by atoms with van der Waals surface area (Å²) in [6.07, 6.45) is 5.71. The maximum Gasteiger partial charge on any atom is 0.222 e. The lowest BCUT2D eigenvalue weighted by atomic mass is 9.81. The molecular weight excluding hydrogens is 244 g/mol. The number of hydrogen-bond donors (Lipinski definition) is 2. The fourth-order valence-corrected chi connectivity index (χ4v) is 1.80. The van der Waals surface area contributed by atoms with E-state index >= 15 is 0 Å². The Kier molecular flexibility index (Phi) is 2.98. The fraction of sp³-hybridized carbons (Fsp3) is 0.556. The topological polar surface area (TPSA) is 63.8 Å². The number of halogens is 1. The monoisotopic (exact) mass is 256 g/mol. The molecular formula is C9H13BrN4. The van der Waals surface area contributed by atoms with Crippen LogP contribution in [-0.2, 0) is 0 Å². The van der Waals surface area contributed by atoms with Crippen molar-refractivity contribution >= 4 is 21.9 Å². The van der Waals surface area contributed by atoms with E-state index in [0.29, 0.717) is 17.9 Å². The quantitative estimate of drug-likeness (QED) is 0.858. The minimum atomic E-state index is 0.410. The van der Waals surface area contributed by atoms with Crippen molar-refractivity contribution in [2.24, 2.45) is 11.7 Å². The van der Waals surface area contributed by atoms with Gasteiger partial charge >= 0.3 is 0 Å². The molecule has 4 nitrogen and oxygen atoms in total. The molecule has 1 aromatic heterocycles. The van der Waals surface area contributed by atoms with Crippen LogP contribution in [0, 0.1) is 5.92 Å². The highest BCUT2D eigenvalue weighted by molar-refractivity contribution is 9.10. The largest absolute Gasteiger partial charge is 0.354 e. The average Bonchev–Trinajstić information content (AvgIpc) is 2.13. The number of nitrogens with two attached hydrogens (primary N) is 1. The van der Waals surface area contributed by atoms with E-state index < -0.39 is 0 Å². The van der Waals surface area contributed by atoms with Gasteiger partial charge in [0.15, 0.2) is 0 Å². The van der Waals surface area contributed by atoms with E-state index in [2.05, 4.69) is 31.2 Å². The van der Waals surface area contributed by atoms with Gasteiger partial charge < -0.3 is 11.1 Å². The highest BCUT2D eigenvalue weighted by Gasteiger charge is 2.25. The zero-order valence-electron chi connectivity index (χ0n) is 7.78. The molecule has 1 saturated carbocycles. The lowest BCUT2D eigenvalue weighted by Crippen LogP contribution is -2.39. The number of nitrogens with zero attached hydrogens (tertiary/aromatic N) is 2. The Bertz CT molecular complexity index is 294. The number of aromatic nitrogens is 2. The first-order valence-electron chi connectivity index (χ1n) is 4.71. The van der Waals surface area contributed by atoms with Crippen LogP contribution in [0.5, 0.6) is 0 Å². The molecule has 0 aromatic carbocycles. The molecule has 1 aliphatic carbocycles. The molecule has 1 fully saturated rings. The van der Waals surface area contributed by atoms with Crippen molar-refractivity contribution in [1.82, 2.24) is 9.97 Å². The molecule has 1 aromatic rings. The van der Waals surface area contributed by atoms with E-state index in [1.807, 2.05) is 0 Å². The van der Waals surface area contributed by atoms with Gasteiger partial charge in [0, 0.05) is 25.0 Å². The minimum Gasteiger partial charge on any atom is -0.354 e. The summed E-state index contributed by atoms with van der Waals surface area (Å²) in [7, 11) is 0. The maximum atomic E-state index is 5.69.